The van der Waals surface area contributed by atoms with E-state index in [4.69, 9.17) is 0 Å². The molecular weight excluding hydrogens is 439 g/mol. The second-order valence-electron chi connectivity index (χ2n) is 7.82. The van der Waals surface area contributed by atoms with Crippen molar-refractivity contribution < 1.29 is 23.6 Å². The minimum absolute atomic E-state index is 0.145. The van der Waals surface area contributed by atoms with E-state index < -0.39 is 23.7 Å². The fraction of sp³-hybridized carbons (Fsp3) is 0.120. The van der Waals surface area contributed by atoms with Gasteiger partial charge >= 0.3 is 6.03 Å². The van der Waals surface area contributed by atoms with Gasteiger partial charge in [0.25, 0.3) is 11.8 Å². The first-order valence-electron chi connectivity index (χ1n) is 10.4. The molecule has 2 heterocycles. The van der Waals surface area contributed by atoms with Crippen molar-refractivity contribution in [2.75, 3.05) is 10.2 Å². The average Bonchev–Trinajstić information content (AvgIpc) is 3.05. The lowest BCUT2D eigenvalue weighted by Crippen LogP contribution is -2.54. The molecule has 0 spiro atoms. The number of imide groups is 2. The minimum atomic E-state index is -0.900. The van der Waals surface area contributed by atoms with E-state index in [1.54, 1.807) is 12.1 Å². The van der Waals surface area contributed by atoms with E-state index in [0.29, 0.717) is 11.3 Å². The molecule has 0 atom stereocenters. The Hall–Kier alpha value is -4.53. The van der Waals surface area contributed by atoms with Crippen LogP contribution < -0.4 is 15.5 Å². The fourth-order valence-electron chi connectivity index (χ4n) is 3.87. The number of anilines is 2. The van der Waals surface area contributed by atoms with E-state index in [2.05, 4.69) is 10.6 Å². The van der Waals surface area contributed by atoms with Gasteiger partial charge < -0.3 is 9.88 Å². The topological polar surface area (TPSA) is 101 Å². The highest BCUT2D eigenvalue weighted by Gasteiger charge is 2.37. The predicted molar refractivity (Wildman–Crippen MR) is 125 cm³/mol. The molecule has 1 saturated heterocycles. The highest BCUT2D eigenvalue weighted by molar-refractivity contribution is 6.39. The quantitative estimate of drug-likeness (QED) is 0.456. The van der Waals surface area contributed by atoms with Crippen molar-refractivity contribution in [3.05, 3.63) is 82.9 Å². The molecule has 3 aromatic rings. The number of nitrogens with one attached hydrogen (secondary N) is 2. The smallest absolute Gasteiger partial charge is 0.326 e. The zero-order valence-electron chi connectivity index (χ0n) is 18.7. The second-order valence-corrected chi connectivity index (χ2v) is 7.82. The molecule has 0 aliphatic carbocycles. The van der Waals surface area contributed by atoms with Gasteiger partial charge in [0, 0.05) is 29.7 Å². The zero-order valence-corrected chi connectivity index (χ0v) is 18.7. The molecule has 5 amide bonds. The number of barbiturate groups is 1. The molecule has 2 N–H and O–H groups in total. The third-order valence-corrected chi connectivity index (χ3v) is 5.40. The first-order valence-corrected chi connectivity index (χ1v) is 10.4. The van der Waals surface area contributed by atoms with Crippen molar-refractivity contribution in [1.82, 2.24) is 9.88 Å². The van der Waals surface area contributed by atoms with Crippen LogP contribution in [-0.4, -0.2) is 28.3 Å². The van der Waals surface area contributed by atoms with E-state index in [1.807, 2.05) is 36.6 Å². The largest absolute Gasteiger partial charge is 0.335 e. The molecule has 0 bridgehead atoms. The van der Waals surface area contributed by atoms with E-state index in [1.165, 1.54) is 25.1 Å². The number of halogens is 1. The standard InChI is InChI=1S/C25H21FN4O4/c1-14-12-17(15(2)29(14)20-10-6-19(7-11-20)27-16(3)31)13-22-23(32)28-25(34)30(24(22)33)21-8-4-18(26)5-9-21/h4-13H,1-3H3,(H,27,31)(H,28,32,34)/b22-13+. The lowest BCUT2D eigenvalue weighted by atomic mass is 10.1. The van der Waals surface area contributed by atoms with Gasteiger partial charge in [-0.1, -0.05) is 0 Å². The molecule has 1 aromatic heterocycles. The summed E-state index contributed by atoms with van der Waals surface area (Å²) < 4.78 is 15.2. The number of carbonyl (C=O) groups is 4. The van der Waals surface area contributed by atoms with Crippen LogP contribution in [0.3, 0.4) is 0 Å². The molecular formula is C25H21FN4O4. The first kappa shape index (κ1) is 22.7. The number of amides is 5. The number of nitrogens with zero attached hydrogens (tertiary/aromatic N) is 2. The number of urea groups is 1. The van der Waals surface area contributed by atoms with Gasteiger partial charge in [-0.2, -0.15) is 0 Å². The molecule has 34 heavy (non-hydrogen) atoms. The summed E-state index contributed by atoms with van der Waals surface area (Å²) >= 11 is 0. The Morgan fingerprint density at radius 1 is 0.971 bits per heavy atom. The van der Waals surface area contributed by atoms with Gasteiger partial charge in [-0.25, -0.2) is 14.1 Å². The molecule has 1 aliphatic rings. The number of aryl methyl sites for hydroxylation is 1. The molecule has 0 radical (unpaired) electrons. The molecule has 2 aromatic carbocycles. The summed E-state index contributed by atoms with van der Waals surface area (Å²) in [5.41, 5.74) is 3.66. The molecule has 172 valence electrons. The summed E-state index contributed by atoms with van der Waals surface area (Å²) in [6.07, 6.45) is 1.44. The highest BCUT2D eigenvalue weighted by atomic mass is 19.1. The van der Waals surface area contributed by atoms with Crippen LogP contribution >= 0.6 is 0 Å². The van der Waals surface area contributed by atoms with Gasteiger partial charge in [-0.3, -0.25) is 19.7 Å². The Kier molecular flexibility index (Phi) is 5.85. The van der Waals surface area contributed by atoms with Crippen LogP contribution in [0.15, 0.2) is 60.2 Å². The van der Waals surface area contributed by atoms with Crippen molar-refractivity contribution in [2.24, 2.45) is 0 Å². The van der Waals surface area contributed by atoms with Gasteiger partial charge in [-0.05, 0) is 80.1 Å². The summed E-state index contributed by atoms with van der Waals surface area (Å²) in [6.45, 7) is 5.16. The van der Waals surface area contributed by atoms with Gasteiger partial charge in [-0.15, -0.1) is 0 Å². The average molecular weight is 460 g/mol. The van der Waals surface area contributed by atoms with Gasteiger partial charge in [0.1, 0.15) is 11.4 Å². The third kappa shape index (κ3) is 4.23. The Labute approximate surface area is 194 Å². The maximum Gasteiger partial charge on any atom is 0.335 e. The second kappa shape index (κ2) is 8.78. The maximum atomic E-state index is 13.3. The summed E-state index contributed by atoms with van der Waals surface area (Å²) in [6, 6.07) is 13.0. The predicted octanol–water partition coefficient (Wildman–Crippen LogP) is 3.86. The van der Waals surface area contributed by atoms with E-state index in [-0.39, 0.29) is 17.2 Å². The number of aromatic nitrogens is 1. The Balaban J connectivity index is 1.70. The molecule has 9 heteroatoms. The highest BCUT2D eigenvalue weighted by Crippen LogP contribution is 2.26. The van der Waals surface area contributed by atoms with Crippen molar-refractivity contribution in [1.29, 1.82) is 0 Å². The van der Waals surface area contributed by atoms with Gasteiger partial charge in [0.05, 0.1) is 5.69 Å². The lowest BCUT2D eigenvalue weighted by molar-refractivity contribution is -0.122. The normalized spacial score (nSPS) is 15.0. The number of hydrogen-bond donors (Lipinski definition) is 2. The van der Waals surface area contributed by atoms with Crippen molar-refractivity contribution in [3.8, 4) is 5.69 Å². The van der Waals surface area contributed by atoms with Crippen LogP contribution in [0.5, 0.6) is 0 Å². The molecule has 1 fully saturated rings. The summed E-state index contributed by atoms with van der Waals surface area (Å²) in [5, 5.41) is 4.87. The van der Waals surface area contributed by atoms with Gasteiger partial charge in [0.15, 0.2) is 0 Å². The van der Waals surface area contributed by atoms with E-state index in [0.717, 1.165) is 34.1 Å². The van der Waals surface area contributed by atoms with E-state index in [9.17, 15) is 23.6 Å². The SMILES string of the molecule is CC(=O)Nc1ccc(-n2c(C)cc(/C=C3\C(=O)NC(=O)N(c4ccc(F)cc4)C3=O)c2C)cc1. The van der Waals surface area contributed by atoms with Crippen LogP contribution in [0.2, 0.25) is 0 Å². The van der Waals surface area contributed by atoms with Crippen LogP contribution in [0.25, 0.3) is 11.8 Å². The number of rotatable bonds is 4. The molecule has 1 aliphatic heterocycles. The zero-order chi connectivity index (χ0) is 24.6. The van der Waals surface area contributed by atoms with Crippen molar-refractivity contribution in [3.63, 3.8) is 0 Å². The fourth-order valence-corrected chi connectivity index (χ4v) is 3.87. The van der Waals surface area contributed by atoms with Crippen LogP contribution in [0, 0.1) is 19.7 Å². The molecule has 0 unspecified atom stereocenters. The van der Waals surface area contributed by atoms with Crippen LogP contribution in [0.4, 0.5) is 20.6 Å². The molecule has 0 saturated carbocycles. The minimum Gasteiger partial charge on any atom is -0.326 e. The Bertz CT molecular complexity index is 1350. The van der Waals surface area contributed by atoms with Crippen molar-refractivity contribution >= 4 is 41.2 Å². The third-order valence-electron chi connectivity index (χ3n) is 5.40. The molecule has 8 nitrogen and oxygen atoms in total. The van der Waals surface area contributed by atoms with Crippen molar-refractivity contribution in [2.45, 2.75) is 20.8 Å². The monoisotopic (exact) mass is 460 g/mol. The molecule has 4 rings (SSSR count). The summed E-state index contributed by atoms with van der Waals surface area (Å²) in [5.74, 6) is -2.29. The Morgan fingerprint density at radius 3 is 2.21 bits per heavy atom. The maximum absolute atomic E-state index is 13.3. The van der Waals surface area contributed by atoms with E-state index >= 15 is 0 Å². The van der Waals surface area contributed by atoms with Crippen LogP contribution in [0.1, 0.15) is 23.9 Å². The summed E-state index contributed by atoms with van der Waals surface area (Å²) in [4.78, 5) is 49.9. The first-order chi connectivity index (χ1) is 16.2. The van der Waals surface area contributed by atoms with Crippen LogP contribution in [-0.2, 0) is 14.4 Å². The number of benzene rings is 2. The number of carbonyl (C=O) groups excluding carboxylic acids is 4. The summed E-state index contributed by atoms with van der Waals surface area (Å²) in [7, 11) is 0. The lowest BCUT2D eigenvalue weighted by Gasteiger charge is -2.26. The van der Waals surface area contributed by atoms with Gasteiger partial charge in [0.2, 0.25) is 5.91 Å². The Morgan fingerprint density at radius 2 is 1.59 bits per heavy atom. The number of hydrogen-bond acceptors (Lipinski definition) is 4.